The number of benzene rings is 1. The molecule has 2 rings (SSSR count). The quantitative estimate of drug-likeness (QED) is 0.541. The molecule has 0 saturated heterocycles. The summed E-state index contributed by atoms with van der Waals surface area (Å²) in [7, 11) is 0. The number of hydrogen-bond donors (Lipinski definition) is 1. The van der Waals surface area contributed by atoms with Gasteiger partial charge in [-0.25, -0.2) is 0 Å². The molecule has 1 heterocycles. The first-order chi connectivity index (χ1) is 12.5. The Morgan fingerprint density at radius 1 is 1.27 bits per heavy atom. The lowest BCUT2D eigenvalue weighted by Gasteiger charge is -2.13. The molecule has 0 bridgehead atoms. The highest BCUT2D eigenvalue weighted by Crippen LogP contribution is 2.28. The molecule has 140 valence electrons. The van der Waals surface area contributed by atoms with Gasteiger partial charge >= 0.3 is 5.69 Å². The molecule has 0 aliphatic carbocycles. The second kappa shape index (κ2) is 8.84. The van der Waals surface area contributed by atoms with E-state index in [1.807, 2.05) is 26.0 Å². The summed E-state index contributed by atoms with van der Waals surface area (Å²) in [5.41, 5.74) is 1.09. The van der Waals surface area contributed by atoms with Gasteiger partial charge in [-0.1, -0.05) is 6.07 Å². The van der Waals surface area contributed by atoms with Gasteiger partial charge in [0.15, 0.2) is 11.5 Å². The van der Waals surface area contributed by atoms with E-state index in [2.05, 4.69) is 10.4 Å². The molecule has 9 heteroatoms. The molecular weight excluding hydrogens is 340 g/mol. The number of nitrogens with one attached hydrogen (secondary N) is 1. The van der Waals surface area contributed by atoms with Gasteiger partial charge in [0.2, 0.25) is 5.91 Å². The van der Waals surface area contributed by atoms with Crippen LogP contribution in [0.4, 0.5) is 5.69 Å². The van der Waals surface area contributed by atoms with Crippen LogP contribution >= 0.6 is 0 Å². The Morgan fingerprint density at radius 2 is 1.96 bits per heavy atom. The lowest BCUT2D eigenvalue weighted by Crippen LogP contribution is -2.28. The summed E-state index contributed by atoms with van der Waals surface area (Å²) in [6.45, 7) is 6.59. The first-order valence-electron chi connectivity index (χ1n) is 8.28. The van der Waals surface area contributed by atoms with E-state index in [4.69, 9.17) is 9.47 Å². The summed E-state index contributed by atoms with van der Waals surface area (Å²) in [5.74, 6) is 0.987. The third kappa shape index (κ3) is 4.71. The Labute approximate surface area is 151 Å². The molecule has 2 aromatic rings. The lowest BCUT2D eigenvalue weighted by molar-refractivity contribution is -0.385. The highest BCUT2D eigenvalue weighted by Gasteiger charge is 2.17. The van der Waals surface area contributed by atoms with Crippen molar-refractivity contribution < 1.29 is 19.2 Å². The van der Waals surface area contributed by atoms with Crippen LogP contribution in [0.5, 0.6) is 11.5 Å². The van der Waals surface area contributed by atoms with Crippen LogP contribution in [0.3, 0.4) is 0 Å². The van der Waals surface area contributed by atoms with E-state index < -0.39 is 4.92 Å². The second-order valence-corrected chi connectivity index (χ2v) is 5.45. The predicted molar refractivity (Wildman–Crippen MR) is 94.2 cm³/mol. The maximum absolute atomic E-state index is 12.1. The number of nitro groups is 1. The predicted octanol–water partition coefficient (Wildman–Crippen LogP) is 2.21. The SMILES string of the molecule is CCOc1ccc(CNC(=O)Cn2ncc([N+](=O)[O-])c2C)cc1OCC. The minimum absolute atomic E-state index is 0.0883. The maximum atomic E-state index is 12.1. The first-order valence-corrected chi connectivity index (χ1v) is 8.28. The number of nitrogens with zero attached hydrogens (tertiary/aromatic N) is 3. The fourth-order valence-corrected chi connectivity index (χ4v) is 2.37. The molecule has 26 heavy (non-hydrogen) atoms. The Bertz CT molecular complexity index is 787. The maximum Gasteiger partial charge on any atom is 0.309 e. The van der Waals surface area contributed by atoms with Crippen LogP contribution in [0.2, 0.25) is 0 Å². The molecule has 0 spiro atoms. The summed E-state index contributed by atoms with van der Waals surface area (Å²) in [6.07, 6.45) is 1.14. The minimum Gasteiger partial charge on any atom is -0.490 e. The minimum atomic E-state index is -0.522. The van der Waals surface area contributed by atoms with E-state index in [-0.39, 0.29) is 18.1 Å². The Kier molecular flexibility index (Phi) is 6.54. The van der Waals surface area contributed by atoms with Gasteiger partial charge in [0, 0.05) is 6.54 Å². The third-order valence-electron chi connectivity index (χ3n) is 3.66. The zero-order valence-corrected chi connectivity index (χ0v) is 15.0. The highest BCUT2D eigenvalue weighted by molar-refractivity contribution is 5.75. The zero-order valence-electron chi connectivity index (χ0n) is 15.0. The average Bonchev–Trinajstić information content (AvgIpc) is 2.96. The number of carbonyl (C=O) groups excluding carboxylic acids is 1. The van der Waals surface area contributed by atoms with Crippen molar-refractivity contribution in [1.29, 1.82) is 0 Å². The molecule has 0 atom stereocenters. The van der Waals surface area contributed by atoms with Gasteiger partial charge in [-0.05, 0) is 38.5 Å². The van der Waals surface area contributed by atoms with Crippen molar-refractivity contribution in [2.75, 3.05) is 13.2 Å². The number of carbonyl (C=O) groups is 1. The van der Waals surface area contributed by atoms with Crippen molar-refractivity contribution in [3.63, 3.8) is 0 Å². The van der Waals surface area contributed by atoms with E-state index in [1.165, 1.54) is 4.68 Å². The summed E-state index contributed by atoms with van der Waals surface area (Å²) in [6, 6.07) is 5.47. The molecule has 1 aromatic carbocycles. The molecule has 0 unspecified atom stereocenters. The van der Waals surface area contributed by atoms with Gasteiger partial charge in [-0.3, -0.25) is 19.6 Å². The van der Waals surface area contributed by atoms with Crippen molar-refractivity contribution in [1.82, 2.24) is 15.1 Å². The van der Waals surface area contributed by atoms with Crippen molar-refractivity contribution in [3.8, 4) is 11.5 Å². The number of hydrogen-bond acceptors (Lipinski definition) is 6. The van der Waals surface area contributed by atoms with Crippen LogP contribution in [-0.2, 0) is 17.9 Å². The average molecular weight is 362 g/mol. The standard InChI is InChI=1S/C17H22N4O5/c1-4-25-15-7-6-13(8-16(15)26-5-2)9-18-17(22)11-20-12(3)14(10-19-20)21(23)24/h6-8,10H,4-5,9,11H2,1-3H3,(H,18,22). The summed E-state index contributed by atoms with van der Waals surface area (Å²) >= 11 is 0. The summed E-state index contributed by atoms with van der Waals surface area (Å²) in [5, 5.41) is 17.5. The molecule has 0 radical (unpaired) electrons. The van der Waals surface area contributed by atoms with Crippen LogP contribution < -0.4 is 14.8 Å². The van der Waals surface area contributed by atoms with E-state index >= 15 is 0 Å². The van der Waals surface area contributed by atoms with E-state index in [9.17, 15) is 14.9 Å². The smallest absolute Gasteiger partial charge is 0.309 e. The van der Waals surface area contributed by atoms with Gasteiger partial charge in [0.05, 0.1) is 18.1 Å². The Balaban J connectivity index is 1.98. The van der Waals surface area contributed by atoms with Gasteiger partial charge < -0.3 is 14.8 Å². The van der Waals surface area contributed by atoms with Crippen molar-refractivity contribution in [3.05, 3.63) is 45.8 Å². The highest BCUT2D eigenvalue weighted by atomic mass is 16.6. The van der Waals surface area contributed by atoms with Gasteiger partial charge in [0.1, 0.15) is 18.4 Å². The number of aromatic nitrogens is 2. The Hall–Kier alpha value is -3.10. The first kappa shape index (κ1) is 19.2. The van der Waals surface area contributed by atoms with Crippen molar-refractivity contribution in [2.24, 2.45) is 0 Å². The van der Waals surface area contributed by atoms with Crippen LogP contribution in [-0.4, -0.2) is 33.8 Å². The monoisotopic (exact) mass is 362 g/mol. The van der Waals surface area contributed by atoms with E-state index in [1.54, 1.807) is 13.0 Å². The molecule has 9 nitrogen and oxygen atoms in total. The largest absolute Gasteiger partial charge is 0.490 e. The zero-order chi connectivity index (χ0) is 19.1. The number of rotatable bonds is 9. The van der Waals surface area contributed by atoms with E-state index in [0.29, 0.717) is 37.0 Å². The molecule has 1 aromatic heterocycles. The van der Waals surface area contributed by atoms with Crippen molar-refractivity contribution >= 4 is 11.6 Å². The molecule has 0 saturated carbocycles. The molecule has 1 N–H and O–H groups in total. The van der Waals surface area contributed by atoms with Crippen LogP contribution in [0, 0.1) is 17.0 Å². The topological polar surface area (TPSA) is 109 Å². The fraction of sp³-hybridized carbons (Fsp3) is 0.412. The molecular formula is C17H22N4O5. The summed E-state index contributed by atoms with van der Waals surface area (Å²) < 4.78 is 12.4. The normalized spacial score (nSPS) is 10.4. The Morgan fingerprint density at radius 3 is 2.58 bits per heavy atom. The molecule has 1 amide bonds. The van der Waals surface area contributed by atoms with Crippen LogP contribution in [0.1, 0.15) is 25.1 Å². The van der Waals surface area contributed by atoms with Crippen LogP contribution in [0.25, 0.3) is 0 Å². The number of ether oxygens (including phenoxy) is 2. The third-order valence-corrected chi connectivity index (χ3v) is 3.66. The fourth-order valence-electron chi connectivity index (χ4n) is 2.37. The lowest BCUT2D eigenvalue weighted by atomic mass is 10.2. The molecule has 0 aliphatic rings. The van der Waals surface area contributed by atoms with Crippen LogP contribution in [0.15, 0.2) is 24.4 Å². The van der Waals surface area contributed by atoms with Gasteiger partial charge in [-0.15, -0.1) is 0 Å². The molecule has 0 fully saturated rings. The van der Waals surface area contributed by atoms with Gasteiger partial charge in [-0.2, -0.15) is 5.10 Å². The molecule has 0 aliphatic heterocycles. The van der Waals surface area contributed by atoms with Crippen molar-refractivity contribution in [2.45, 2.75) is 33.9 Å². The van der Waals surface area contributed by atoms with E-state index in [0.717, 1.165) is 11.8 Å². The van der Waals surface area contributed by atoms with Gasteiger partial charge in [0.25, 0.3) is 0 Å². The number of amides is 1. The second-order valence-electron chi connectivity index (χ2n) is 5.45. The summed E-state index contributed by atoms with van der Waals surface area (Å²) in [4.78, 5) is 22.4.